The van der Waals surface area contributed by atoms with Crippen LogP contribution in [-0.4, -0.2) is 29.5 Å². The Labute approximate surface area is 165 Å². The minimum Gasteiger partial charge on any atom is -0.463 e. The Morgan fingerprint density at radius 2 is 1.63 bits per heavy atom. The maximum atomic E-state index is 12.4. The molecule has 1 atom stereocenters. The molecule has 0 spiro atoms. The first-order valence-corrected chi connectivity index (χ1v) is 10.4. The number of aryl methyl sites for hydroxylation is 1. The fourth-order valence-corrected chi connectivity index (χ4v) is 3.44. The summed E-state index contributed by atoms with van der Waals surface area (Å²) in [5.41, 5.74) is 2.17. The van der Waals surface area contributed by atoms with Gasteiger partial charge in [-0.05, 0) is 37.1 Å². The quantitative estimate of drug-likeness (QED) is 0.493. The number of benzene rings is 2. The molecule has 1 amide bonds. The van der Waals surface area contributed by atoms with Crippen molar-refractivity contribution >= 4 is 23.6 Å². The van der Waals surface area contributed by atoms with Gasteiger partial charge < -0.3 is 10.1 Å². The highest BCUT2D eigenvalue weighted by Gasteiger charge is 2.19. The number of esters is 1. The molecule has 2 aromatic carbocycles. The van der Waals surface area contributed by atoms with Crippen molar-refractivity contribution in [2.75, 3.05) is 11.5 Å². The van der Waals surface area contributed by atoms with Crippen molar-refractivity contribution in [3.05, 3.63) is 71.8 Å². The molecule has 2 rings (SSSR count). The van der Waals surface area contributed by atoms with Gasteiger partial charge in [-0.1, -0.05) is 60.7 Å². The van der Waals surface area contributed by atoms with Gasteiger partial charge in [-0.2, -0.15) is 11.8 Å². The number of hydrogen-bond acceptors (Lipinski definition) is 4. The second kappa shape index (κ2) is 11.4. The molecule has 4 nitrogen and oxygen atoms in total. The van der Waals surface area contributed by atoms with E-state index in [4.69, 9.17) is 4.74 Å². The summed E-state index contributed by atoms with van der Waals surface area (Å²) in [6.07, 6.45) is 0.891. The molecule has 0 heterocycles. The Hall–Kier alpha value is -2.27. The van der Waals surface area contributed by atoms with Crippen molar-refractivity contribution in [2.45, 2.75) is 38.8 Å². The van der Waals surface area contributed by atoms with E-state index in [1.165, 1.54) is 5.56 Å². The lowest BCUT2D eigenvalue weighted by Crippen LogP contribution is -2.32. The van der Waals surface area contributed by atoms with Crippen LogP contribution in [0.1, 0.15) is 37.4 Å². The van der Waals surface area contributed by atoms with Crippen molar-refractivity contribution in [2.24, 2.45) is 0 Å². The van der Waals surface area contributed by atoms with E-state index in [9.17, 15) is 9.59 Å². The number of carbonyl (C=O) groups is 2. The van der Waals surface area contributed by atoms with Crippen LogP contribution in [0, 0.1) is 0 Å². The van der Waals surface area contributed by atoms with Gasteiger partial charge in [0.25, 0.3) is 0 Å². The van der Waals surface area contributed by atoms with Crippen LogP contribution in [0.3, 0.4) is 0 Å². The van der Waals surface area contributed by atoms with Gasteiger partial charge in [0.15, 0.2) is 0 Å². The Kier molecular flexibility index (Phi) is 8.92. The largest absolute Gasteiger partial charge is 0.463 e. The minimum atomic E-state index is -0.375. The van der Waals surface area contributed by atoms with Crippen molar-refractivity contribution in [1.82, 2.24) is 5.32 Å². The number of amides is 1. The number of ether oxygens (including phenoxy) is 1. The molecule has 0 saturated carbocycles. The van der Waals surface area contributed by atoms with E-state index in [0.29, 0.717) is 5.75 Å². The fraction of sp³-hybridized carbons (Fsp3) is 0.364. The van der Waals surface area contributed by atoms with E-state index >= 15 is 0 Å². The van der Waals surface area contributed by atoms with E-state index in [1.54, 1.807) is 11.8 Å². The molecule has 0 aliphatic rings. The summed E-state index contributed by atoms with van der Waals surface area (Å²) in [6, 6.07) is 19.4. The zero-order valence-electron chi connectivity index (χ0n) is 15.9. The SMILES string of the molecule is CC(C)OC(=O)C[C@H](NC(=O)CSCCc1ccccc1)c1ccccc1. The van der Waals surface area contributed by atoms with Crippen LogP contribution in [-0.2, 0) is 20.7 Å². The summed E-state index contributed by atoms with van der Waals surface area (Å²) < 4.78 is 5.24. The normalized spacial score (nSPS) is 11.8. The van der Waals surface area contributed by atoms with Gasteiger partial charge in [0.05, 0.1) is 24.3 Å². The van der Waals surface area contributed by atoms with E-state index < -0.39 is 0 Å². The van der Waals surface area contributed by atoms with Crippen LogP contribution >= 0.6 is 11.8 Å². The molecule has 144 valence electrons. The third-order valence-corrected chi connectivity index (χ3v) is 4.85. The zero-order valence-corrected chi connectivity index (χ0v) is 16.7. The lowest BCUT2D eigenvalue weighted by atomic mass is 10.0. The lowest BCUT2D eigenvalue weighted by Gasteiger charge is -2.19. The van der Waals surface area contributed by atoms with Gasteiger partial charge in [0.1, 0.15) is 0 Å². The summed E-state index contributed by atoms with van der Waals surface area (Å²) in [5.74, 6) is 0.869. The second-order valence-corrected chi connectivity index (χ2v) is 7.67. The molecule has 0 aromatic heterocycles. The van der Waals surface area contributed by atoms with Gasteiger partial charge in [0, 0.05) is 0 Å². The number of thioether (sulfide) groups is 1. The summed E-state index contributed by atoms with van der Waals surface area (Å²) in [4.78, 5) is 24.4. The minimum absolute atomic E-state index is 0.0701. The molecule has 0 fully saturated rings. The molecule has 0 unspecified atom stereocenters. The standard InChI is InChI=1S/C22H27NO3S/c1-17(2)26-22(25)15-20(19-11-7-4-8-12-19)23-21(24)16-27-14-13-18-9-5-3-6-10-18/h3-12,17,20H,13-16H2,1-2H3,(H,23,24)/t20-/m0/s1. The molecule has 0 saturated heterocycles. The maximum Gasteiger partial charge on any atom is 0.308 e. The molecule has 5 heteroatoms. The van der Waals surface area contributed by atoms with E-state index in [0.717, 1.165) is 17.7 Å². The highest BCUT2D eigenvalue weighted by Crippen LogP contribution is 2.18. The van der Waals surface area contributed by atoms with Crippen LogP contribution in [0.2, 0.25) is 0 Å². The highest BCUT2D eigenvalue weighted by molar-refractivity contribution is 7.99. The number of nitrogens with one attached hydrogen (secondary N) is 1. The fourth-order valence-electron chi connectivity index (χ4n) is 2.65. The molecule has 2 aromatic rings. The van der Waals surface area contributed by atoms with E-state index in [-0.39, 0.29) is 30.4 Å². The molecule has 0 radical (unpaired) electrons. The highest BCUT2D eigenvalue weighted by atomic mass is 32.2. The maximum absolute atomic E-state index is 12.4. The summed E-state index contributed by atoms with van der Waals surface area (Å²) in [5, 5.41) is 2.98. The molecular weight excluding hydrogens is 358 g/mol. The molecule has 0 bridgehead atoms. The first kappa shape index (κ1) is 21.0. The van der Waals surface area contributed by atoms with E-state index in [2.05, 4.69) is 17.4 Å². The molecule has 0 aliphatic carbocycles. The van der Waals surface area contributed by atoms with Gasteiger partial charge in [-0.25, -0.2) is 0 Å². The average molecular weight is 386 g/mol. The van der Waals surface area contributed by atoms with Crippen LogP contribution in [0.25, 0.3) is 0 Å². The van der Waals surface area contributed by atoms with Gasteiger partial charge in [0.2, 0.25) is 5.91 Å². The third kappa shape index (κ3) is 8.31. The van der Waals surface area contributed by atoms with Crippen LogP contribution in [0.5, 0.6) is 0 Å². The van der Waals surface area contributed by atoms with Crippen molar-refractivity contribution in [1.29, 1.82) is 0 Å². The molecule has 0 aliphatic heterocycles. The topological polar surface area (TPSA) is 55.4 Å². The van der Waals surface area contributed by atoms with Crippen molar-refractivity contribution in [3.8, 4) is 0 Å². The Bertz CT molecular complexity index is 704. The summed E-state index contributed by atoms with van der Waals surface area (Å²) in [6.45, 7) is 3.63. The van der Waals surface area contributed by atoms with Crippen LogP contribution < -0.4 is 5.32 Å². The molecule has 1 N–H and O–H groups in total. The Balaban J connectivity index is 1.84. The first-order chi connectivity index (χ1) is 13.0. The summed E-state index contributed by atoms with van der Waals surface area (Å²) in [7, 11) is 0. The molecular formula is C22H27NO3S. The number of hydrogen-bond donors (Lipinski definition) is 1. The van der Waals surface area contributed by atoms with Crippen LogP contribution in [0.4, 0.5) is 0 Å². The van der Waals surface area contributed by atoms with Crippen molar-refractivity contribution in [3.63, 3.8) is 0 Å². The van der Waals surface area contributed by atoms with Gasteiger partial charge in [-0.3, -0.25) is 9.59 Å². The van der Waals surface area contributed by atoms with E-state index in [1.807, 2.05) is 62.4 Å². The first-order valence-electron chi connectivity index (χ1n) is 9.20. The van der Waals surface area contributed by atoms with Crippen LogP contribution in [0.15, 0.2) is 60.7 Å². The predicted octanol–water partition coefficient (Wildman–Crippen LogP) is 4.16. The monoisotopic (exact) mass is 385 g/mol. The van der Waals surface area contributed by atoms with Gasteiger partial charge in [-0.15, -0.1) is 0 Å². The smallest absolute Gasteiger partial charge is 0.308 e. The predicted molar refractivity (Wildman–Crippen MR) is 111 cm³/mol. The zero-order chi connectivity index (χ0) is 19.5. The van der Waals surface area contributed by atoms with Gasteiger partial charge >= 0.3 is 5.97 Å². The molecule has 27 heavy (non-hydrogen) atoms. The number of carbonyl (C=O) groups excluding carboxylic acids is 2. The Morgan fingerprint density at radius 1 is 1.00 bits per heavy atom. The van der Waals surface area contributed by atoms with Crippen molar-refractivity contribution < 1.29 is 14.3 Å². The third-order valence-electron chi connectivity index (χ3n) is 3.89. The average Bonchev–Trinajstić information content (AvgIpc) is 2.65. The second-order valence-electron chi connectivity index (χ2n) is 6.56. The Morgan fingerprint density at radius 3 is 2.26 bits per heavy atom. The number of rotatable bonds is 10. The summed E-state index contributed by atoms with van der Waals surface area (Å²) >= 11 is 1.59. The lowest BCUT2D eigenvalue weighted by molar-refractivity contribution is -0.148.